The van der Waals surface area contributed by atoms with Crippen LogP contribution >= 0.6 is 0 Å². The Morgan fingerprint density at radius 2 is 1.88 bits per heavy atom. The van der Waals surface area contributed by atoms with Crippen LogP contribution in [0.15, 0.2) is 0 Å². The number of nitrogens with zero attached hydrogens (tertiary/aromatic N) is 3. The van der Waals surface area contributed by atoms with Crippen LogP contribution in [0, 0.1) is 0 Å². The van der Waals surface area contributed by atoms with Gasteiger partial charge in [-0.1, -0.05) is 0 Å². The molecular weight excluding hydrogens is 212 g/mol. The van der Waals surface area contributed by atoms with Gasteiger partial charge in [-0.15, -0.1) is 0 Å². The van der Waals surface area contributed by atoms with E-state index in [2.05, 4.69) is 19.9 Å². The van der Waals surface area contributed by atoms with E-state index in [1.54, 1.807) is 0 Å². The van der Waals surface area contributed by atoms with E-state index in [9.17, 15) is 0 Å². The molecule has 84 valence electrons. The highest BCUT2D eigenvalue weighted by Gasteiger charge is 2.23. The number of fused-ring (bicyclic) bond motifs is 1. The van der Waals surface area contributed by atoms with Gasteiger partial charge < -0.3 is 25.9 Å². The molecule has 0 spiro atoms. The summed E-state index contributed by atoms with van der Waals surface area (Å²) in [4.78, 5) is 15.0. The number of anilines is 2. The van der Waals surface area contributed by atoms with Crippen LogP contribution in [0.25, 0.3) is 11.2 Å². The SMILES string of the molecule is Nc1nc(N)c2[nH]c(C3OCCO3)nc2n1. The van der Waals surface area contributed by atoms with Gasteiger partial charge in [0.2, 0.25) is 12.2 Å². The minimum absolute atomic E-state index is 0.0938. The molecule has 3 rings (SSSR count). The van der Waals surface area contributed by atoms with E-state index in [0.717, 1.165) is 0 Å². The lowest BCUT2D eigenvalue weighted by atomic mass is 10.5. The minimum Gasteiger partial charge on any atom is -0.382 e. The first-order chi connectivity index (χ1) is 7.74. The molecule has 0 bridgehead atoms. The van der Waals surface area contributed by atoms with Crippen molar-refractivity contribution in [1.29, 1.82) is 0 Å². The minimum atomic E-state index is -0.491. The zero-order valence-corrected chi connectivity index (χ0v) is 8.30. The zero-order chi connectivity index (χ0) is 11.1. The Kier molecular flexibility index (Phi) is 1.91. The second kappa shape index (κ2) is 3.29. The Labute approximate surface area is 90.0 Å². The van der Waals surface area contributed by atoms with Gasteiger partial charge in [-0.25, -0.2) is 4.98 Å². The van der Waals surface area contributed by atoms with Crippen molar-refractivity contribution in [1.82, 2.24) is 19.9 Å². The summed E-state index contributed by atoms with van der Waals surface area (Å²) in [5.41, 5.74) is 12.1. The number of nitrogens with one attached hydrogen (secondary N) is 1. The fourth-order valence-corrected chi connectivity index (χ4v) is 1.58. The first-order valence-electron chi connectivity index (χ1n) is 4.76. The molecule has 8 nitrogen and oxygen atoms in total. The van der Waals surface area contributed by atoms with E-state index in [1.807, 2.05) is 0 Å². The van der Waals surface area contributed by atoms with Crippen LogP contribution < -0.4 is 11.5 Å². The molecule has 0 radical (unpaired) electrons. The maximum Gasteiger partial charge on any atom is 0.224 e. The van der Waals surface area contributed by atoms with E-state index in [4.69, 9.17) is 20.9 Å². The molecule has 16 heavy (non-hydrogen) atoms. The third kappa shape index (κ3) is 1.35. The quantitative estimate of drug-likeness (QED) is 0.597. The normalized spacial score (nSPS) is 17.2. The maximum atomic E-state index is 5.69. The number of aromatic nitrogens is 4. The van der Waals surface area contributed by atoms with Gasteiger partial charge in [0.1, 0.15) is 5.52 Å². The Morgan fingerprint density at radius 1 is 1.12 bits per heavy atom. The average molecular weight is 222 g/mol. The van der Waals surface area contributed by atoms with Crippen LogP contribution in [-0.2, 0) is 9.47 Å². The highest BCUT2D eigenvalue weighted by Crippen LogP contribution is 2.24. The van der Waals surface area contributed by atoms with Gasteiger partial charge in [0, 0.05) is 0 Å². The molecule has 0 unspecified atom stereocenters. The van der Waals surface area contributed by atoms with Crippen LogP contribution in [0.3, 0.4) is 0 Å². The lowest BCUT2D eigenvalue weighted by Crippen LogP contribution is -2.00. The first-order valence-corrected chi connectivity index (χ1v) is 4.76. The van der Waals surface area contributed by atoms with Crippen molar-refractivity contribution >= 4 is 22.9 Å². The maximum absolute atomic E-state index is 5.69. The van der Waals surface area contributed by atoms with Crippen LogP contribution in [0.2, 0.25) is 0 Å². The van der Waals surface area contributed by atoms with Crippen molar-refractivity contribution in [3.63, 3.8) is 0 Å². The monoisotopic (exact) mass is 222 g/mol. The second-order valence-corrected chi connectivity index (χ2v) is 3.36. The summed E-state index contributed by atoms with van der Waals surface area (Å²) in [7, 11) is 0. The van der Waals surface area contributed by atoms with Crippen LogP contribution in [0.1, 0.15) is 12.1 Å². The number of imidazole rings is 1. The molecule has 0 aromatic carbocycles. The average Bonchev–Trinajstić information content (AvgIpc) is 2.82. The van der Waals surface area contributed by atoms with Crippen LogP contribution in [-0.4, -0.2) is 33.1 Å². The molecule has 3 heterocycles. The lowest BCUT2D eigenvalue weighted by molar-refractivity contribution is -0.0499. The number of nitrogen functional groups attached to an aromatic ring is 2. The summed E-state index contributed by atoms with van der Waals surface area (Å²) >= 11 is 0. The molecule has 1 aliphatic rings. The smallest absolute Gasteiger partial charge is 0.224 e. The predicted molar refractivity (Wildman–Crippen MR) is 55.2 cm³/mol. The molecule has 0 amide bonds. The fourth-order valence-electron chi connectivity index (χ4n) is 1.58. The molecule has 1 aliphatic heterocycles. The van der Waals surface area contributed by atoms with E-state index >= 15 is 0 Å². The standard InChI is InChI=1S/C8H10N6O2/c9-4-3-5(14-8(10)12-4)13-6(11-3)7-15-1-2-16-7/h7H,1-2H2,(H5,9,10,11,12,13,14). The first kappa shape index (κ1) is 9.31. The topological polar surface area (TPSA) is 125 Å². The van der Waals surface area contributed by atoms with Gasteiger partial charge in [-0.05, 0) is 0 Å². The molecule has 1 fully saturated rings. The van der Waals surface area contributed by atoms with E-state index < -0.39 is 6.29 Å². The Balaban J connectivity index is 2.11. The highest BCUT2D eigenvalue weighted by molar-refractivity contribution is 5.82. The van der Waals surface area contributed by atoms with E-state index in [0.29, 0.717) is 30.2 Å². The van der Waals surface area contributed by atoms with Crippen molar-refractivity contribution in [2.75, 3.05) is 24.7 Å². The largest absolute Gasteiger partial charge is 0.382 e. The van der Waals surface area contributed by atoms with Crippen molar-refractivity contribution in [3.8, 4) is 0 Å². The summed E-state index contributed by atoms with van der Waals surface area (Å²) in [5.74, 6) is 0.884. The number of H-pyrrole nitrogens is 1. The van der Waals surface area contributed by atoms with Gasteiger partial charge in [0.15, 0.2) is 17.3 Å². The molecule has 8 heteroatoms. The van der Waals surface area contributed by atoms with Gasteiger partial charge in [-0.3, -0.25) is 0 Å². The Bertz CT molecular complexity index is 533. The third-order valence-corrected chi connectivity index (χ3v) is 2.26. The summed E-state index contributed by atoms with van der Waals surface area (Å²) < 4.78 is 10.6. The predicted octanol–water partition coefficient (Wildman–Crippen LogP) is -0.437. The molecule has 2 aromatic heterocycles. The molecule has 0 aliphatic carbocycles. The summed E-state index contributed by atoms with van der Waals surface area (Å²) in [6.07, 6.45) is -0.491. The van der Waals surface area contributed by atoms with Gasteiger partial charge in [0.05, 0.1) is 13.2 Å². The highest BCUT2D eigenvalue weighted by atomic mass is 16.7. The number of hydrogen-bond acceptors (Lipinski definition) is 7. The van der Waals surface area contributed by atoms with Crippen LogP contribution in [0.4, 0.5) is 11.8 Å². The zero-order valence-electron chi connectivity index (χ0n) is 8.30. The number of ether oxygens (including phenoxy) is 2. The number of nitrogens with two attached hydrogens (primary N) is 2. The van der Waals surface area contributed by atoms with Gasteiger partial charge in [-0.2, -0.15) is 9.97 Å². The Hall–Kier alpha value is -1.93. The summed E-state index contributed by atoms with van der Waals surface area (Å²) in [6, 6.07) is 0. The molecule has 1 saturated heterocycles. The van der Waals surface area contributed by atoms with E-state index in [-0.39, 0.29) is 11.8 Å². The van der Waals surface area contributed by atoms with Gasteiger partial charge in [0.25, 0.3) is 0 Å². The number of hydrogen-bond donors (Lipinski definition) is 3. The number of aromatic amines is 1. The molecule has 5 N–H and O–H groups in total. The van der Waals surface area contributed by atoms with E-state index in [1.165, 1.54) is 0 Å². The third-order valence-electron chi connectivity index (χ3n) is 2.26. The molecule has 0 saturated carbocycles. The van der Waals surface area contributed by atoms with Crippen molar-refractivity contribution in [2.45, 2.75) is 6.29 Å². The lowest BCUT2D eigenvalue weighted by Gasteiger charge is -2.03. The second-order valence-electron chi connectivity index (χ2n) is 3.36. The molecular formula is C8H10N6O2. The summed E-state index contributed by atoms with van der Waals surface area (Å²) in [5, 5.41) is 0. The Morgan fingerprint density at radius 3 is 2.62 bits per heavy atom. The van der Waals surface area contributed by atoms with Crippen molar-refractivity contribution in [2.24, 2.45) is 0 Å². The van der Waals surface area contributed by atoms with Crippen LogP contribution in [0.5, 0.6) is 0 Å². The molecule has 2 aromatic rings. The molecule has 0 atom stereocenters. The fraction of sp³-hybridized carbons (Fsp3) is 0.375. The van der Waals surface area contributed by atoms with Gasteiger partial charge >= 0.3 is 0 Å². The van der Waals surface area contributed by atoms with Crippen molar-refractivity contribution < 1.29 is 9.47 Å². The number of rotatable bonds is 1. The van der Waals surface area contributed by atoms with Crippen molar-refractivity contribution in [3.05, 3.63) is 5.82 Å². The summed E-state index contributed by atoms with van der Waals surface area (Å²) in [6.45, 7) is 1.09.